The Morgan fingerprint density at radius 2 is 1.86 bits per heavy atom. The minimum atomic E-state index is 0.443. The number of methoxy groups -OCH3 is 1. The van der Waals surface area contributed by atoms with Crippen molar-refractivity contribution in [3.8, 4) is 28.9 Å². The molecule has 0 spiro atoms. The van der Waals surface area contributed by atoms with Crippen molar-refractivity contribution in [1.29, 1.82) is 5.26 Å². The second kappa shape index (κ2) is 7.54. The summed E-state index contributed by atoms with van der Waals surface area (Å²) in [7, 11) is 1.62. The lowest BCUT2D eigenvalue weighted by molar-refractivity contribution is 0.414. The fourth-order valence-electron chi connectivity index (χ4n) is 2.68. The molecule has 0 aliphatic carbocycles. The van der Waals surface area contributed by atoms with Crippen LogP contribution in [0, 0.1) is 11.3 Å². The molecule has 4 aromatic rings. The maximum Gasteiger partial charge on any atom is 0.209 e. The molecular weight excluding hydrogens is 374 g/mol. The Morgan fingerprint density at radius 1 is 1.11 bits per heavy atom. The molecular formula is C19H15N7OS. The molecule has 0 aliphatic heterocycles. The van der Waals surface area contributed by atoms with Crippen LogP contribution in [0.3, 0.4) is 0 Å². The molecule has 8 nitrogen and oxygen atoms in total. The van der Waals surface area contributed by atoms with Gasteiger partial charge < -0.3 is 4.74 Å². The third-order valence-corrected chi connectivity index (χ3v) is 4.59. The van der Waals surface area contributed by atoms with Crippen molar-refractivity contribution >= 4 is 12.6 Å². The topological polar surface area (TPSA) is 94.4 Å². The van der Waals surface area contributed by atoms with Gasteiger partial charge in [-0.3, -0.25) is 0 Å². The molecule has 0 aliphatic rings. The van der Waals surface area contributed by atoms with Gasteiger partial charge in [-0.2, -0.15) is 15.2 Å². The van der Waals surface area contributed by atoms with Gasteiger partial charge in [-0.1, -0.05) is 12.1 Å². The van der Waals surface area contributed by atoms with Crippen molar-refractivity contribution in [2.24, 2.45) is 0 Å². The van der Waals surface area contributed by atoms with Crippen LogP contribution in [-0.2, 0) is 6.54 Å². The molecule has 0 N–H and O–H groups in total. The SMILES string of the molecule is COc1ccc(-n2ncc(-c3nnn(Cc4ccc(C#N)cc4)n3)c2S)cc1. The molecule has 0 radical (unpaired) electrons. The number of hydrogen-bond acceptors (Lipinski definition) is 7. The summed E-state index contributed by atoms with van der Waals surface area (Å²) in [6.45, 7) is 0.452. The van der Waals surface area contributed by atoms with Crippen molar-refractivity contribution in [3.63, 3.8) is 0 Å². The lowest BCUT2D eigenvalue weighted by Gasteiger charge is -2.05. The molecule has 0 bridgehead atoms. The first-order valence-electron chi connectivity index (χ1n) is 8.36. The van der Waals surface area contributed by atoms with Crippen LogP contribution in [-0.4, -0.2) is 37.1 Å². The second-order valence-electron chi connectivity index (χ2n) is 5.94. The van der Waals surface area contributed by atoms with E-state index in [-0.39, 0.29) is 0 Å². The van der Waals surface area contributed by atoms with Gasteiger partial charge in [-0.05, 0) is 47.2 Å². The van der Waals surface area contributed by atoms with E-state index in [4.69, 9.17) is 10.00 Å². The predicted molar refractivity (Wildman–Crippen MR) is 104 cm³/mol. The van der Waals surface area contributed by atoms with Crippen molar-refractivity contribution < 1.29 is 4.74 Å². The Labute approximate surface area is 166 Å². The summed E-state index contributed by atoms with van der Waals surface area (Å²) in [5.41, 5.74) is 3.12. The molecule has 2 heterocycles. The molecule has 0 saturated heterocycles. The standard InChI is InChI=1S/C19H15N7OS/c1-27-16-8-6-15(7-9-16)26-19(28)17(11-21-26)18-22-24-25(23-18)12-14-4-2-13(10-20)3-5-14/h2-9,11,28H,12H2,1H3. The Morgan fingerprint density at radius 3 is 2.54 bits per heavy atom. The number of tetrazole rings is 1. The minimum absolute atomic E-state index is 0.443. The largest absolute Gasteiger partial charge is 0.497 e. The summed E-state index contributed by atoms with van der Waals surface area (Å²) in [6.07, 6.45) is 1.66. The predicted octanol–water partition coefficient (Wildman–Crippen LogP) is 2.74. The Bertz CT molecular complexity index is 1140. The van der Waals surface area contributed by atoms with Crippen LogP contribution < -0.4 is 4.74 Å². The highest BCUT2D eigenvalue weighted by molar-refractivity contribution is 7.80. The highest BCUT2D eigenvalue weighted by Crippen LogP contribution is 2.26. The van der Waals surface area contributed by atoms with Gasteiger partial charge in [0.1, 0.15) is 10.8 Å². The number of ether oxygens (including phenoxy) is 1. The number of benzene rings is 2. The fourth-order valence-corrected chi connectivity index (χ4v) is 3.00. The van der Waals surface area contributed by atoms with Crippen molar-refractivity contribution in [1.82, 2.24) is 30.0 Å². The van der Waals surface area contributed by atoms with Gasteiger partial charge >= 0.3 is 0 Å². The molecule has 9 heteroatoms. The van der Waals surface area contributed by atoms with Crippen molar-refractivity contribution in [2.75, 3.05) is 7.11 Å². The van der Waals surface area contributed by atoms with E-state index in [1.807, 2.05) is 36.4 Å². The Kier molecular flexibility index (Phi) is 4.78. The Hall–Kier alpha value is -3.64. The quantitative estimate of drug-likeness (QED) is 0.528. The number of rotatable bonds is 5. The summed E-state index contributed by atoms with van der Waals surface area (Å²) < 4.78 is 6.87. The number of aromatic nitrogens is 6. The maximum atomic E-state index is 8.87. The molecule has 2 aromatic carbocycles. The molecule has 2 aromatic heterocycles. The van der Waals surface area contributed by atoms with Crippen LogP contribution >= 0.6 is 12.6 Å². The van der Waals surface area contributed by atoms with Crippen LogP contribution in [0.25, 0.3) is 17.1 Å². The summed E-state index contributed by atoms with van der Waals surface area (Å²) >= 11 is 4.59. The van der Waals surface area contributed by atoms with E-state index in [2.05, 4.69) is 39.2 Å². The van der Waals surface area contributed by atoms with E-state index in [0.717, 1.165) is 17.0 Å². The summed E-state index contributed by atoms with van der Waals surface area (Å²) in [6, 6.07) is 16.9. The number of nitriles is 1. The lowest BCUT2D eigenvalue weighted by atomic mass is 10.1. The highest BCUT2D eigenvalue weighted by atomic mass is 32.1. The average Bonchev–Trinajstić information content (AvgIpc) is 3.35. The van der Waals surface area contributed by atoms with Gasteiger partial charge in [0.15, 0.2) is 0 Å². The molecule has 138 valence electrons. The third kappa shape index (κ3) is 3.45. The van der Waals surface area contributed by atoms with Gasteiger partial charge in [-0.15, -0.1) is 22.8 Å². The molecule has 0 atom stereocenters. The van der Waals surface area contributed by atoms with Crippen LogP contribution in [0.15, 0.2) is 59.8 Å². The zero-order valence-electron chi connectivity index (χ0n) is 14.9. The van der Waals surface area contributed by atoms with Crippen molar-refractivity contribution in [3.05, 3.63) is 65.9 Å². The molecule has 0 saturated carbocycles. The maximum absolute atomic E-state index is 8.87. The molecule has 0 unspecified atom stereocenters. The fraction of sp³-hybridized carbons (Fsp3) is 0.105. The zero-order valence-corrected chi connectivity index (χ0v) is 15.8. The number of thiol groups is 1. The average molecular weight is 389 g/mol. The number of nitrogens with zero attached hydrogens (tertiary/aromatic N) is 7. The summed E-state index contributed by atoms with van der Waals surface area (Å²) in [4.78, 5) is 1.49. The smallest absolute Gasteiger partial charge is 0.209 e. The lowest BCUT2D eigenvalue weighted by Crippen LogP contribution is -2.04. The molecule has 28 heavy (non-hydrogen) atoms. The monoisotopic (exact) mass is 389 g/mol. The van der Waals surface area contributed by atoms with Crippen molar-refractivity contribution in [2.45, 2.75) is 11.6 Å². The van der Waals surface area contributed by atoms with Crippen LogP contribution in [0.1, 0.15) is 11.1 Å². The summed E-state index contributed by atoms with van der Waals surface area (Å²) in [5, 5.41) is 26.5. The van der Waals surface area contributed by atoms with Gasteiger partial charge in [0.05, 0.1) is 42.7 Å². The van der Waals surface area contributed by atoms with Crippen LogP contribution in [0.5, 0.6) is 5.75 Å². The first kappa shape index (κ1) is 17.8. The minimum Gasteiger partial charge on any atom is -0.497 e. The van der Waals surface area contributed by atoms with E-state index < -0.39 is 0 Å². The van der Waals surface area contributed by atoms with Gasteiger partial charge in [0.2, 0.25) is 5.82 Å². The van der Waals surface area contributed by atoms with E-state index in [1.165, 1.54) is 4.80 Å². The van der Waals surface area contributed by atoms with Gasteiger partial charge in [0, 0.05) is 0 Å². The first-order chi connectivity index (χ1) is 13.7. The van der Waals surface area contributed by atoms with Crippen LogP contribution in [0.4, 0.5) is 0 Å². The van der Waals surface area contributed by atoms with E-state index in [9.17, 15) is 0 Å². The molecule has 0 fully saturated rings. The van der Waals surface area contributed by atoms with E-state index in [1.54, 1.807) is 30.1 Å². The first-order valence-corrected chi connectivity index (χ1v) is 8.81. The van der Waals surface area contributed by atoms with Crippen LogP contribution in [0.2, 0.25) is 0 Å². The summed E-state index contributed by atoms with van der Waals surface area (Å²) in [5.74, 6) is 1.21. The van der Waals surface area contributed by atoms with Gasteiger partial charge in [-0.25, -0.2) is 4.68 Å². The third-order valence-electron chi connectivity index (χ3n) is 4.16. The van der Waals surface area contributed by atoms with E-state index >= 15 is 0 Å². The molecule has 4 rings (SSSR count). The van der Waals surface area contributed by atoms with Gasteiger partial charge in [0.25, 0.3) is 0 Å². The number of hydrogen-bond donors (Lipinski definition) is 1. The molecule has 0 amide bonds. The second-order valence-corrected chi connectivity index (χ2v) is 6.37. The van der Waals surface area contributed by atoms with E-state index in [0.29, 0.717) is 28.5 Å². The normalized spacial score (nSPS) is 10.6. The highest BCUT2D eigenvalue weighted by Gasteiger charge is 2.15. The Balaban J connectivity index is 1.56. The zero-order chi connectivity index (χ0) is 19.5.